The Hall–Kier alpha value is -2.14. The number of fused-ring (bicyclic) bond motifs is 2. The summed E-state index contributed by atoms with van der Waals surface area (Å²) in [6, 6.07) is 4.69. The van der Waals surface area contributed by atoms with Crippen LogP contribution in [0.3, 0.4) is 0 Å². The third kappa shape index (κ3) is 2.57. The average Bonchev–Trinajstić information content (AvgIpc) is 3.25. The van der Waals surface area contributed by atoms with Crippen molar-refractivity contribution in [2.24, 2.45) is 0 Å². The van der Waals surface area contributed by atoms with Crippen LogP contribution in [0.2, 0.25) is 0 Å². The van der Waals surface area contributed by atoms with E-state index in [4.69, 9.17) is 4.98 Å². The highest BCUT2D eigenvalue weighted by molar-refractivity contribution is 7.18. The van der Waals surface area contributed by atoms with E-state index in [1.807, 2.05) is 10.6 Å². The molecule has 0 unspecified atom stereocenters. The number of allylic oxidation sites excluding steroid dienone is 1. The topological polar surface area (TPSA) is 39.8 Å². The third-order valence-corrected chi connectivity index (χ3v) is 6.49. The second-order valence-corrected chi connectivity index (χ2v) is 8.50. The zero-order valence-electron chi connectivity index (χ0n) is 16.1. The van der Waals surface area contributed by atoms with Crippen LogP contribution < -0.4 is 5.56 Å². The minimum absolute atomic E-state index is 0.108. The van der Waals surface area contributed by atoms with Gasteiger partial charge >= 0.3 is 0 Å². The summed E-state index contributed by atoms with van der Waals surface area (Å²) in [7, 11) is 0. The molecule has 26 heavy (non-hydrogen) atoms. The molecule has 0 atom stereocenters. The fourth-order valence-electron chi connectivity index (χ4n) is 4.10. The maximum Gasteiger partial charge on any atom is 0.262 e. The average molecular weight is 368 g/mol. The monoisotopic (exact) mass is 367 g/mol. The Morgan fingerprint density at radius 1 is 1.31 bits per heavy atom. The fourth-order valence-corrected chi connectivity index (χ4v) is 5.06. The van der Waals surface area contributed by atoms with Gasteiger partial charge in [0.1, 0.15) is 10.7 Å². The van der Waals surface area contributed by atoms with Gasteiger partial charge in [0, 0.05) is 28.9 Å². The predicted octanol–water partition coefficient (Wildman–Crippen LogP) is 4.96. The standard InChI is InChI=1S/C21H25N3OS/c1-6-17-11-18-20(26-17)22-19-15(7-8-23(19)21(18)25)10-16-9-13(4)24(12(2)3)14(16)5/h9-12H,6-8H2,1-5H3/b15-10+. The van der Waals surface area contributed by atoms with Crippen LogP contribution in [0, 0.1) is 13.8 Å². The van der Waals surface area contributed by atoms with Crippen molar-refractivity contribution >= 4 is 33.2 Å². The van der Waals surface area contributed by atoms with Gasteiger partial charge in [-0.15, -0.1) is 11.3 Å². The van der Waals surface area contributed by atoms with Gasteiger partial charge in [-0.2, -0.15) is 0 Å². The quantitative estimate of drug-likeness (QED) is 0.656. The lowest BCUT2D eigenvalue weighted by atomic mass is 10.1. The Labute approximate surface area is 157 Å². The molecule has 0 amide bonds. The van der Waals surface area contributed by atoms with E-state index in [1.54, 1.807) is 11.3 Å². The normalized spacial score (nSPS) is 15.5. The lowest BCUT2D eigenvalue weighted by Gasteiger charge is -2.13. The molecule has 136 valence electrons. The van der Waals surface area contributed by atoms with Crippen LogP contribution in [-0.4, -0.2) is 14.1 Å². The summed E-state index contributed by atoms with van der Waals surface area (Å²) >= 11 is 1.64. The van der Waals surface area contributed by atoms with Crippen molar-refractivity contribution in [3.63, 3.8) is 0 Å². The van der Waals surface area contributed by atoms with Crippen LogP contribution in [-0.2, 0) is 13.0 Å². The minimum Gasteiger partial charge on any atom is -0.346 e. The van der Waals surface area contributed by atoms with E-state index in [0.717, 1.165) is 35.4 Å². The molecule has 1 aliphatic rings. The lowest BCUT2D eigenvalue weighted by molar-refractivity contribution is 0.574. The second-order valence-electron chi connectivity index (χ2n) is 7.39. The first-order valence-corrected chi connectivity index (χ1v) is 10.1. The summed E-state index contributed by atoms with van der Waals surface area (Å²) in [4.78, 5) is 19.8. The number of aryl methyl sites for hydroxylation is 2. The van der Waals surface area contributed by atoms with E-state index >= 15 is 0 Å². The molecular weight excluding hydrogens is 342 g/mol. The molecule has 0 fully saturated rings. The van der Waals surface area contributed by atoms with E-state index in [2.05, 4.69) is 51.3 Å². The van der Waals surface area contributed by atoms with Crippen molar-refractivity contribution in [2.45, 2.75) is 60.0 Å². The van der Waals surface area contributed by atoms with Crippen LogP contribution in [0.4, 0.5) is 0 Å². The van der Waals surface area contributed by atoms with Crippen LogP contribution in [0.5, 0.6) is 0 Å². The molecule has 0 saturated carbocycles. The molecule has 4 rings (SSSR count). The van der Waals surface area contributed by atoms with Gasteiger partial charge in [0.25, 0.3) is 5.56 Å². The molecule has 1 aliphatic heterocycles. The highest BCUT2D eigenvalue weighted by Gasteiger charge is 2.22. The zero-order valence-corrected chi connectivity index (χ0v) is 16.9. The molecule has 3 aromatic heterocycles. The fraction of sp³-hybridized carbons (Fsp3) is 0.429. The number of aromatic nitrogens is 3. The Balaban J connectivity index is 1.86. The van der Waals surface area contributed by atoms with Gasteiger partial charge in [-0.05, 0) is 69.9 Å². The molecule has 0 aliphatic carbocycles. The lowest BCUT2D eigenvalue weighted by Crippen LogP contribution is -2.19. The second kappa shape index (κ2) is 6.23. The SMILES string of the molecule is CCc1cc2c(=O)n3c(nc2s1)/C(=C/c1cc(C)n(C(C)C)c1C)CC3. The number of hydrogen-bond acceptors (Lipinski definition) is 3. The van der Waals surface area contributed by atoms with Gasteiger partial charge < -0.3 is 4.57 Å². The maximum absolute atomic E-state index is 12.9. The summed E-state index contributed by atoms with van der Waals surface area (Å²) in [5.74, 6) is 0.848. The van der Waals surface area contributed by atoms with Crippen LogP contribution in [0.1, 0.15) is 60.9 Å². The summed E-state index contributed by atoms with van der Waals surface area (Å²) in [6.07, 6.45) is 4.04. The highest BCUT2D eigenvalue weighted by atomic mass is 32.1. The molecule has 4 heterocycles. The zero-order chi connectivity index (χ0) is 18.6. The number of thiophene rings is 1. The third-order valence-electron chi connectivity index (χ3n) is 5.31. The molecular formula is C21H25N3OS. The van der Waals surface area contributed by atoms with Crippen LogP contribution in [0.25, 0.3) is 21.9 Å². The van der Waals surface area contributed by atoms with Gasteiger partial charge in [-0.25, -0.2) is 4.98 Å². The summed E-state index contributed by atoms with van der Waals surface area (Å²) in [6.45, 7) is 11.6. The van der Waals surface area contributed by atoms with Gasteiger partial charge in [-0.1, -0.05) is 6.92 Å². The molecule has 0 spiro atoms. The molecule has 0 bridgehead atoms. The Bertz CT molecular complexity index is 1090. The molecule has 0 saturated heterocycles. The Morgan fingerprint density at radius 2 is 2.08 bits per heavy atom. The molecule has 3 aromatic rings. The summed E-state index contributed by atoms with van der Waals surface area (Å²) in [5, 5.41) is 0.773. The molecule has 0 radical (unpaired) electrons. The highest BCUT2D eigenvalue weighted by Crippen LogP contribution is 2.31. The van der Waals surface area contributed by atoms with Crippen molar-refractivity contribution < 1.29 is 0 Å². The van der Waals surface area contributed by atoms with Crippen molar-refractivity contribution in [1.29, 1.82) is 0 Å². The smallest absolute Gasteiger partial charge is 0.262 e. The maximum atomic E-state index is 12.9. The predicted molar refractivity (Wildman–Crippen MR) is 110 cm³/mol. The van der Waals surface area contributed by atoms with E-state index in [-0.39, 0.29) is 5.56 Å². The Morgan fingerprint density at radius 3 is 2.73 bits per heavy atom. The van der Waals surface area contributed by atoms with E-state index < -0.39 is 0 Å². The largest absolute Gasteiger partial charge is 0.346 e. The number of rotatable bonds is 3. The summed E-state index contributed by atoms with van der Waals surface area (Å²) in [5.41, 5.74) is 5.05. The number of hydrogen-bond donors (Lipinski definition) is 0. The van der Waals surface area contributed by atoms with Gasteiger partial charge in [-0.3, -0.25) is 9.36 Å². The van der Waals surface area contributed by atoms with E-state index in [1.165, 1.54) is 27.4 Å². The first-order valence-electron chi connectivity index (χ1n) is 9.33. The van der Waals surface area contributed by atoms with Crippen LogP contribution >= 0.6 is 11.3 Å². The Kier molecular flexibility index (Phi) is 4.14. The van der Waals surface area contributed by atoms with Crippen molar-refractivity contribution in [2.75, 3.05) is 0 Å². The first-order chi connectivity index (χ1) is 12.4. The van der Waals surface area contributed by atoms with Crippen molar-refractivity contribution in [1.82, 2.24) is 14.1 Å². The molecule has 5 heteroatoms. The van der Waals surface area contributed by atoms with Crippen LogP contribution in [0.15, 0.2) is 16.9 Å². The van der Waals surface area contributed by atoms with Gasteiger partial charge in [0.05, 0.1) is 5.39 Å². The van der Waals surface area contributed by atoms with Gasteiger partial charge in [0.15, 0.2) is 0 Å². The molecule has 4 nitrogen and oxygen atoms in total. The van der Waals surface area contributed by atoms with Gasteiger partial charge in [0.2, 0.25) is 0 Å². The van der Waals surface area contributed by atoms with Crippen molar-refractivity contribution in [3.05, 3.63) is 50.1 Å². The first kappa shape index (κ1) is 17.3. The van der Waals surface area contributed by atoms with Crippen molar-refractivity contribution in [3.8, 4) is 0 Å². The number of nitrogens with zero attached hydrogens (tertiary/aromatic N) is 3. The van der Waals surface area contributed by atoms with E-state index in [9.17, 15) is 4.79 Å². The summed E-state index contributed by atoms with van der Waals surface area (Å²) < 4.78 is 4.21. The van der Waals surface area contributed by atoms with E-state index in [0.29, 0.717) is 6.04 Å². The molecule has 0 N–H and O–H groups in total. The minimum atomic E-state index is 0.108. The molecule has 0 aromatic carbocycles.